The van der Waals surface area contributed by atoms with Gasteiger partial charge in [-0.05, 0) is 43.3 Å². The van der Waals surface area contributed by atoms with Crippen LogP contribution >= 0.6 is 0 Å². The van der Waals surface area contributed by atoms with Crippen LogP contribution in [0.1, 0.15) is 18.2 Å². The topological polar surface area (TPSA) is 75.7 Å². The lowest BCUT2D eigenvalue weighted by atomic mass is 10.2. The van der Waals surface area contributed by atoms with Gasteiger partial charge in [0.1, 0.15) is 11.5 Å². The summed E-state index contributed by atoms with van der Waals surface area (Å²) >= 11 is 0. The maximum absolute atomic E-state index is 12.7. The van der Waals surface area contributed by atoms with Crippen LogP contribution in [0, 0.1) is 11.3 Å². The number of rotatable bonds is 8. The second kappa shape index (κ2) is 8.75. The highest BCUT2D eigenvalue weighted by atomic mass is 16.5. The van der Waals surface area contributed by atoms with Gasteiger partial charge in [-0.25, -0.2) is 0 Å². The van der Waals surface area contributed by atoms with Crippen molar-refractivity contribution in [3.8, 4) is 11.8 Å². The summed E-state index contributed by atoms with van der Waals surface area (Å²) in [5, 5.41) is 8.80. The number of nitrogens with zero attached hydrogens (tertiary/aromatic N) is 2. The van der Waals surface area contributed by atoms with E-state index in [2.05, 4.69) is 0 Å². The van der Waals surface area contributed by atoms with Gasteiger partial charge in [-0.2, -0.15) is 5.26 Å². The Hall–Kier alpha value is -2.78. The van der Waals surface area contributed by atoms with Crippen molar-refractivity contribution >= 4 is 5.91 Å². The minimum Gasteiger partial charge on any atom is -0.481 e. The van der Waals surface area contributed by atoms with Crippen molar-refractivity contribution in [2.75, 3.05) is 20.3 Å². The molecule has 0 aliphatic rings. The summed E-state index contributed by atoms with van der Waals surface area (Å²) < 4.78 is 16.1. The Morgan fingerprint density at radius 2 is 2.08 bits per heavy atom. The maximum Gasteiger partial charge on any atom is 0.263 e. The molecule has 0 spiro atoms. The average Bonchev–Trinajstić information content (AvgIpc) is 3.11. The molecule has 1 aromatic heterocycles. The predicted molar refractivity (Wildman–Crippen MR) is 87.2 cm³/mol. The van der Waals surface area contributed by atoms with E-state index in [9.17, 15) is 4.79 Å². The molecule has 1 atom stereocenters. The van der Waals surface area contributed by atoms with Crippen molar-refractivity contribution in [3.63, 3.8) is 0 Å². The Balaban J connectivity index is 2.01. The van der Waals surface area contributed by atoms with Crippen LogP contribution in [0.25, 0.3) is 0 Å². The molecule has 2 rings (SSSR count). The summed E-state index contributed by atoms with van der Waals surface area (Å²) in [6.45, 7) is 2.92. The third-order valence-corrected chi connectivity index (χ3v) is 3.45. The quantitative estimate of drug-likeness (QED) is 0.744. The first-order valence-electron chi connectivity index (χ1n) is 7.61. The van der Waals surface area contributed by atoms with E-state index in [4.69, 9.17) is 19.2 Å². The van der Waals surface area contributed by atoms with Crippen molar-refractivity contribution in [1.29, 1.82) is 5.26 Å². The zero-order valence-corrected chi connectivity index (χ0v) is 13.8. The van der Waals surface area contributed by atoms with Crippen molar-refractivity contribution in [2.24, 2.45) is 0 Å². The lowest BCUT2D eigenvalue weighted by Gasteiger charge is -2.25. The minimum absolute atomic E-state index is 0.159. The lowest BCUT2D eigenvalue weighted by Crippen LogP contribution is -2.41. The standard InChI is InChI=1S/C18H20N2O4/c1-14(24-16-7-5-15(12-19)6-8-16)18(21)20(9-11-22-2)13-17-4-3-10-23-17/h3-8,10,14H,9,11,13H2,1-2H3. The van der Waals surface area contributed by atoms with Crippen LogP contribution in [0.5, 0.6) is 5.75 Å². The molecule has 0 bridgehead atoms. The minimum atomic E-state index is -0.662. The van der Waals surface area contributed by atoms with E-state index in [-0.39, 0.29) is 5.91 Å². The molecule has 0 saturated heterocycles. The Bertz CT molecular complexity index is 674. The fourth-order valence-corrected chi connectivity index (χ4v) is 2.18. The molecule has 0 saturated carbocycles. The van der Waals surface area contributed by atoms with Gasteiger partial charge in [-0.3, -0.25) is 4.79 Å². The molecular formula is C18H20N2O4. The molecule has 6 heteroatoms. The zero-order chi connectivity index (χ0) is 17.4. The van der Waals surface area contributed by atoms with E-state index < -0.39 is 6.10 Å². The summed E-state index contributed by atoms with van der Waals surface area (Å²) in [5.41, 5.74) is 0.542. The average molecular weight is 328 g/mol. The number of amides is 1. The van der Waals surface area contributed by atoms with Crippen LogP contribution in [0.15, 0.2) is 47.1 Å². The Morgan fingerprint density at radius 1 is 1.33 bits per heavy atom. The second-order valence-electron chi connectivity index (χ2n) is 5.23. The van der Waals surface area contributed by atoms with E-state index in [0.29, 0.717) is 36.8 Å². The molecule has 126 valence electrons. The fraction of sp³-hybridized carbons (Fsp3) is 0.333. The first-order valence-corrected chi connectivity index (χ1v) is 7.61. The Labute approximate surface area is 141 Å². The van der Waals surface area contributed by atoms with Crippen LogP contribution in [-0.4, -0.2) is 37.2 Å². The van der Waals surface area contributed by atoms with Crippen molar-refractivity contribution < 1.29 is 18.7 Å². The third kappa shape index (κ3) is 4.86. The van der Waals surface area contributed by atoms with Crippen molar-refractivity contribution in [2.45, 2.75) is 19.6 Å². The molecule has 24 heavy (non-hydrogen) atoms. The Morgan fingerprint density at radius 3 is 2.67 bits per heavy atom. The summed E-state index contributed by atoms with van der Waals surface area (Å²) in [6.07, 6.45) is 0.912. The molecule has 1 amide bonds. The molecule has 1 aromatic carbocycles. The van der Waals surface area contributed by atoms with Crippen LogP contribution in [0.3, 0.4) is 0 Å². The molecule has 1 unspecified atom stereocenters. The molecule has 2 aromatic rings. The highest BCUT2D eigenvalue weighted by Gasteiger charge is 2.23. The Kier molecular flexibility index (Phi) is 6.41. The van der Waals surface area contributed by atoms with E-state index >= 15 is 0 Å². The summed E-state index contributed by atoms with van der Waals surface area (Å²) in [6, 6.07) is 12.3. The van der Waals surface area contributed by atoms with Gasteiger partial charge in [0, 0.05) is 13.7 Å². The largest absolute Gasteiger partial charge is 0.481 e. The molecule has 0 aliphatic heterocycles. The smallest absolute Gasteiger partial charge is 0.263 e. The highest BCUT2D eigenvalue weighted by molar-refractivity contribution is 5.80. The van der Waals surface area contributed by atoms with Gasteiger partial charge in [0.15, 0.2) is 6.10 Å². The normalized spacial score (nSPS) is 11.5. The van der Waals surface area contributed by atoms with Gasteiger partial charge in [-0.1, -0.05) is 0 Å². The number of hydrogen-bond acceptors (Lipinski definition) is 5. The molecule has 1 heterocycles. The van der Waals surface area contributed by atoms with Gasteiger partial charge in [0.05, 0.1) is 31.0 Å². The van der Waals surface area contributed by atoms with Gasteiger partial charge >= 0.3 is 0 Å². The molecular weight excluding hydrogens is 308 g/mol. The van der Waals surface area contributed by atoms with Gasteiger partial charge < -0.3 is 18.8 Å². The maximum atomic E-state index is 12.7. The highest BCUT2D eigenvalue weighted by Crippen LogP contribution is 2.15. The van der Waals surface area contributed by atoms with Gasteiger partial charge in [0.25, 0.3) is 5.91 Å². The lowest BCUT2D eigenvalue weighted by molar-refractivity contribution is -0.139. The molecule has 6 nitrogen and oxygen atoms in total. The first-order chi connectivity index (χ1) is 11.6. The summed E-state index contributed by atoms with van der Waals surface area (Å²) in [7, 11) is 1.59. The van der Waals surface area contributed by atoms with Gasteiger partial charge in [-0.15, -0.1) is 0 Å². The van der Waals surface area contributed by atoms with E-state index in [1.165, 1.54) is 0 Å². The number of benzene rings is 1. The number of carbonyl (C=O) groups is 1. The predicted octanol–water partition coefficient (Wildman–Crippen LogP) is 2.59. The SMILES string of the molecule is COCCN(Cc1ccco1)C(=O)C(C)Oc1ccc(C#N)cc1. The third-order valence-electron chi connectivity index (χ3n) is 3.45. The number of hydrogen-bond donors (Lipinski definition) is 0. The monoisotopic (exact) mass is 328 g/mol. The molecule has 0 N–H and O–H groups in total. The van der Waals surface area contributed by atoms with E-state index in [1.807, 2.05) is 12.1 Å². The van der Waals surface area contributed by atoms with Crippen LogP contribution in [0.2, 0.25) is 0 Å². The van der Waals surface area contributed by atoms with E-state index in [0.717, 1.165) is 0 Å². The van der Waals surface area contributed by atoms with Crippen LogP contribution < -0.4 is 4.74 Å². The fourth-order valence-electron chi connectivity index (χ4n) is 2.18. The summed E-state index contributed by atoms with van der Waals surface area (Å²) in [4.78, 5) is 14.3. The van der Waals surface area contributed by atoms with Crippen LogP contribution in [0.4, 0.5) is 0 Å². The number of methoxy groups -OCH3 is 1. The second-order valence-corrected chi connectivity index (χ2v) is 5.23. The molecule has 0 fully saturated rings. The number of furan rings is 1. The number of ether oxygens (including phenoxy) is 2. The van der Waals surface area contributed by atoms with Crippen LogP contribution in [-0.2, 0) is 16.1 Å². The van der Waals surface area contributed by atoms with Crippen molar-refractivity contribution in [1.82, 2.24) is 4.90 Å². The van der Waals surface area contributed by atoms with Gasteiger partial charge in [0.2, 0.25) is 0 Å². The summed E-state index contributed by atoms with van der Waals surface area (Å²) in [5.74, 6) is 1.08. The van der Waals surface area contributed by atoms with Crippen molar-refractivity contribution in [3.05, 3.63) is 54.0 Å². The first kappa shape index (κ1) is 17.6. The van der Waals surface area contributed by atoms with E-state index in [1.54, 1.807) is 55.5 Å². The number of nitriles is 1. The molecule has 0 aliphatic carbocycles. The number of carbonyl (C=O) groups excluding carboxylic acids is 1. The molecule has 0 radical (unpaired) electrons. The zero-order valence-electron chi connectivity index (χ0n) is 13.8.